The summed E-state index contributed by atoms with van der Waals surface area (Å²) in [6.45, 7) is 2.14. The Bertz CT molecular complexity index is 416. The summed E-state index contributed by atoms with van der Waals surface area (Å²) in [6.07, 6.45) is 8.84. The lowest BCUT2D eigenvalue weighted by Gasteiger charge is -2.23. The van der Waals surface area contributed by atoms with Gasteiger partial charge in [0.2, 0.25) is 0 Å². The van der Waals surface area contributed by atoms with Crippen molar-refractivity contribution in [2.75, 3.05) is 5.75 Å². The van der Waals surface area contributed by atoms with Crippen molar-refractivity contribution in [3.63, 3.8) is 0 Å². The lowest BCUT2D eigenvalue weighted by molar-refractivity contribution is 0.0924. The smallest absolute Gasteiger partial charge is 0.254 e. The van der Waals surface area contributed by atoms with E-state index in [1.54, 1.807) is 18.0 Å². The molecule has 1 aromatic rings. The zero-order chi connectivity index (χ0) is 13.5. The maximum atomic E-state index is 12.3. The van der Waals surface area contributed by atoms with E-state index in [1.807, 2.05) is 12.1 Å². The Labute approximate surface area is 119 Å². The van der Waals surface area contributed by atoms with Crippen LogP contribution in [-0.4, -0.2) is 22.7 Å². The fourth-order valence-corrected chi connectivity index (χ4v) is 3.24. The van der Waals surface area contributed by atoms with Crippen molar-refractivity contribution in [3.05, 3.63) is 23.9 Å². The molecule has 1 amide bonds. The molecule has 0 spiro atoms. The van der Waals surface area contributed by atoms with E-state index >= 15 is 0 Å². The Kier molecular flexibility index (Phi) is 5.70. The van der Waals surface area contributed by atoms with Gasteiger partial charge in [-0.05, 0) is 37.1 Å². The van der Waals surface area contributed by atoms with E-state index in [9.17, 15) is 4.79 Å². The van der Waals surface area contributed by atoms with Gasteiger partial charge in [-0.25, -0.2) is 4.98 Å². The number of carbonyl (C=O) groups is 1. The van der Waals surface area contributed by atoms with Gasteiger partial charge in [0.05, 0.1) is 5.56 Å². The predicted octanol–water partition coefficient (Wildman–Crippen LogP) is 3.65. The molecule has 1 saturated carbocycles. The van der Waals surface area contributed by atoms with Crippen LogP contribution < -0.4 is 5.32 Å². The van der Waals surface area contributed by atoms with Crippen molar-refractivity contribution in [1.82, 2.24) is 10.3 Å². The van der Waals surface area contributed by atoms with Crippen LogP contribution >= 0.6 is 11.8 Å². The van der Waals surface area contributed by atoms with Crippen LogP contribution in [-0.2, 0) is 0 Å². The number of carbonyl (C=O) groups excluding carboxylic acids is 1. The van der Waals surface area contributed by atoms with Crippen LogP contribution in [0, 0.1) is 0 Å². The van der Waals surface area contributed by atoms with Crippen molar-refractivity contribution < 1.29 is 4.79 Å². The molecule has 0 aromatic carbocycles. The zero-order valence-corrected chi connectivity index (χ0v) is 12.3. The minimum Gasteiger partial charge on any atom is -0.349 e. The Morgan fingerprint density at radius 2 is 2.21 bits per heavy atom. The molecule has 1 N–H and O–H groups in total. The molecule has 2 rings (SSSR count). The van der Waals surface area contributed by atoms with E-state index in [4.69, 9.17) is 0 Å². The summed E-state index contributed by atoms with van der Waals surface area (Å²) in [7, 11) is 0. The monoisotopic (exact) mass is 278 g/mol. The summed E-state index contributed by atoms with van der Waals surface area (Å²) in [6, 6.07) is 4.07. The van der Waals surface area contributed by atoms with E-state index in [0.717, 1.165) is 35.6 Å². The lowest BCUT2D eigenvalue weighted by atomic mass is 9.95. The van der Waals surface area contributed by atoms with Gasteiger partial charge in [0, 0.05) is 12.2 Å². The van der Waals surface area contributed by atoms with Crippen LogP contribution in [0.5, 0.6) is 0 Å². The van der Waals surface area contributed by atoms with E-state index in [0.29, 0.717) is 6.04 Å². The molecule has 1 aromatic heterocycles. The molecule has 0 radical (unpaired) electrons. The van der Waals surface area contributed by atoms with E-state index in [-0.39, 0.29) is 5.91 Å². The Morgan fingerprint density at radius 1 is 1.42 bits per heavy atom. The summed E-state index contributed by atoms with van der Waals surface area (Å²) >= 11 is 1.67. The van der Waals surface area contributed by atoms with Gasteiger partial charge in [-0.1, -0.05) is 26.2 Å². The number of nitrogens with one attached hydrogen (secondary N) is 1. The van der Waals surface area contributed by atoms with Gasteiger partial charge in [0.1, 0.15) is 5.03 Å². The van der Waals surface area contributed by atoms with Crippen LogP contribution in [0.15, 0.2) is 23.4 Å². The fourth-order valence-electron chi connectivity index (χ4n) is 2.39. The molecule has 0 bridgehead atoms. The number of nitrogens with zero attached hydrogens (tertiary/aromatic N) is 1. The molecule has 0 atom stereocenters. The predicted molar refractivity (Wildman–Crippen MR) is 79.6 cm³/mol. The first-order chi connectivity index (χ1) is 9.31. The number of amides is 1. The first-order valence-electron chi connectivity index (χ1n) is 7.20. The quantitative estimate of drug-likeness (QED) is 0.836. The van der Waals surface area contributed by atoms with Crippen LogP contribution in [0.25, 0.3) is 0 Å². The normalized spacial score (nSPS) is 16.3. The third-order valence-corrected chi connectivity index (χ3v) is 4.61. The average Bonchev–Trinajstić information content (AvgIpc) is 2.46. The van der Waals surface area contributed by atoms with Gasteiger partial charge >= 0.3 is 0 Å². The van der Waals surface area contributed by atoms with Crippen molar-refractivity contribution >= 4 is 17.7 Å². The van der Waals surface area contributed by atoms with Crippen LogP contribution in [0.4, 0.5) is 0 Å². The van der Waals surface area contributed by atoms with E-state index in [1.165, 1.54) is 19.3 Å². The van der Waals surface area contributed by atoms with E-state index in [2.05, 4.69) is 17.2 Å². The van der Waals surface area contributed by atoms with Crippen molar-refractivity contribution in [3.8, 4) is 0 Å². The highest BCUT2D eigenvalue weighted by molar-refractivity contribution is 7.99. The van der Waals surface area contributed by atoms with Crippen molar-refractivity contribution in [2.45, 2.75) is 56.5 Å². The van der Waals surface area contributed by atoms with E-state index < -0.39 is 0 Å². The summed E-state index contributed by atoms with van der Waals surface area (Å²) < 4.78 is 0. The van der Waals surface area contributed by atoms with Crippen molar-refractivity contribution in [1.29, 1.82) is 0 Å². The van der Waals surface area contributed by atoms with Crippen LogP contribution in [0.3, 0.4) is 0 Å². The third kappa shape index (κ3) is 4.23. The molecule has 0 unspecified atom stereocenters. The fraction of sp³-hybridized carbons (Fsp3) is 0.600. The molecule has 1 aliphatic rings. The highest BCUT2D eigenvalue weighted by Gasteiger charge is 2.18. The van der Waals surface area contributed by atoms with Gasteiger partial charge in [0.15, 0.2) is 0 Å². The van der Waals surface area contributed by atoms with Gasteiger partial charge in [0.25, 0.3) is 5.91 Å². The van der Waals surface area contributed by atoms with Crippen LogP contribution in [0.1, 0.15) is 55.8 Å². The second kappa shape index (κ2) is 7.53. The number of aromatic nitrogens is 1. The van der Waals surface area contributed by atoms with Gasteiger partial charge in [-0.3, -0.25) is 4.79 Å². The summed E-state index contributed by atoms with van der Waals surface area (Å²) in [5.41, 5.74) is 0.728. The minimum atomic E-state index is 0.0404. The first kappa shape index (κ1) is 14.4. The molecule has 4 heteroatoms. The Balaban J connectivity index is 2.00. The first-order valence-corrected chi connectivity index (χ1v) is 8.18. The minimum absolute atomic E-state index is 0.0404. The third-order valence-electron chi connectivity index (χ3n) is 3.40. The number of hydrogen-bond donors (Lipinski definition) is 1. The summed E-state index contributed by atoms with van der Waals surface area (Å²) in [5, 5.41) is 4.02. The molecule has 1 aliphatic carbocycles. The Hall–Kier alpha value is -1.03. The summed E-state index contributed by atoms with van der Waals surface area (Å²) in [5.74, 6) is 1.04. The number of pyridine rings is 1. The van der Waals surface area contributed by atoms with Gasteiger partial charge in [-0.2, -0.15) is 0 Å². The van der Waals surface area contributed by atoms with Crippen LogP contribution in [0.2, 0.25) is 0 Å². The molecule has 3 nitrogen and oxygen atoms in total. The number of rotatable bonds is 5. The Morgan fingerprint density at radius 3 is 2.95 bits per heavy atom. The topological polar surface area (TPSA) is 42.0 Å². The lowest BCUT2D eigenvalue weighted by Crippen LogP contribution is -2.36. The number of thioether (sulfide) groups is 1. The highest BCUT2D eigenvalue weighted by Crippen LogP contribution is 2.22. The molecule has 0 aliphatic heterocycles. The van der Waals surface area contributed by atoms with Gasteiger partial charge < -0.3 is 5.32 Å². The molecule has 104 valence electrons. The molecule has 19 heavy (non-hydrogen) atoms. The maximum absolute atomic E-state index is 12.3. The SMILES string of the molecule is CCCSc1ncccc1C(=O)NC1CCCCC1. The zero-order valence-electron chi connectivity index (χ0n) is 11.5. The second-order valence-electron chi connectivity index (χ2n) is 5.01. The maximum Gasteiger partial charge on any atom is 0.254 e. The molecule has 0 saturated heterocycles. The second-order valence-corrected chi connectivity index (χ2v) is 6.10. The standard InChI is InChI=1S/C15H22N2OS/c1-2-11-19-15-13(9-6-10-16-15)14(18)17-12-7-4-3-5-8-12/h6,9-10,12H,2-5,7-8,11H2,1H3,(H,17,18). The van der Waals surface area contributed by atoms with Gasteiger partial charge in [-0.15, -0.1) is 11.8 Å². The largest absolute Gasteiger partial charge is 0.349 e. The average molecular weight is 278 g/mol. The summed E-state index contributed by atoms with van der Waals surface area (Å²) in [4.78, 5) is 16.7. The molecule has 1 fully saturated rings. The molecular weight excluding hydrogens is 256 g/mol. The molecular formula is C15H22N2OS. The number of hydrogen-bond acceptors (Lipinski definition) is 3. The molecule has 1 heterocycles. The van der Waals surface area contributed by atoms with Crippen molar-refractivity contribution in [2.24, 2.45) is 0 Å². The highest BCUT2D eigenvalue weighted by atomic mass is 32.2.